The van der Waals surface area contributed by atoms with Crippen molar-refractivity contribution in [2.45, 2.75) is 44.7 Å². The molecule has 0 saturated heterocycles. The molecule has 2 aromatic rings. The molecule has 2 N–H and O–H groups in total. The molecule has 96 valence electrons. The summed E-state index contributed by atoms with van der Waals surface area (Å²) < 4.78 is 5.35. The Morgan fingerprint density at radius 1 is 1.17 bits per heavy atom. The first-order valence-electron chi connectivity index (χ1n) is 6.83. The lowest BCUT2D eigenvalue weighted by Gasteiger charge is -2.10. The van der Waals surface area contributed by atoms with E-state index in [2.05, 4.69) is 22.4 Å². The Bertz CT molecular complexity index is 466. The van der Waals surface area contributed by atoms with Gasteiger partial charge in [-0.25, -0.2) is 0 Å². The van der Waals surface area contributed by atoms with E-state index in [1.54, 1.807) is 6.26 Å². The van der Waals surface area contributed by atoms with Gasteiger partial charge in [-0.3, -0.25) is 0 Å². The van der Waals surface area contributed by atoms with Crippen LogP contribution in [-0.2, 0) is 13.0 Å². The Morgan fingerprint density at radius 3 is 2.78 bits per heavy atom. The molecule has 0 spiro atoms. The van der Waals surface area contributed by atoms with Crippen molar-refractivity contribution in [3.8, 4) is 0 Å². The normalized spacial score (nSPS) is 16.4. The summed E-state index contributed by atoms with van der Waals surface area (Å²) in [6.07, 6.45) is 8.00. The molecule has 18 heavy (non-hydrogen) atoms. The van der Waals surface area contributed by atoms with Crippen LogP contribution in [-0.4, -0.2) is 11.0 Å². The maximum Gasteiger partial charge on any atom is 0.109 e. The zero-order chi connectivity index (χ0) is 12.2. The molecule has 1 aliphatic carbocycles. The summed E-state index contributed by atoms with van der Waals surface area (Å²) in [5, 5.41) is 3.62. The predicted octanol–water partition coefficient (Wildman–Crippen LogP) is 3.23. The Kier molecular flexibility index (Phi) is 3.51. The van der Waals surface area contributed by atoms with Gasteiger partial charge in [-0.2, -0.15) is 0 Å². The van der Waals surface area contributed by atoms with Gasteiger partial charge in [0.05, 0.1) is 6.26 Å². The minimum atomic E-state index is 0.724. The third kappa shape index (κ3) is 2.85. The highest BCUT2D eigenvalue weighted by Gasteiger charge is 2.14. The Hall–Kier alpha value is -1.48. The van der Waals surface area contributed by atoms with E-state index in [0.717, 1.165) is 24.8 Å². The van der Waals surface area contributed by atoms with Crippen LogP contribution in [0.25, 0.3) is 0 Å². The molecule has 0 unspecified atom stereocenters. The zero-order valence-corrected chi connectivity index (χ0v) is 10.6. The summed E-state index contributed by atoms with van der Waals surface area (Å²) in [5.41, 5.74) is 2.48. The predicted molar refractivity (Wildman–Crippen MR) is 71.4 cm³/mol. The molecule has 0 amide bonds. The molecule has 0 radical (unpaired) electrons. The van der Waals surface area contributed by atoms with E-state index in [4.69, 9.17) is 4.42 Å². The summed E-state index contributed by atoms with van der Waals surface area (Å²) in [5.74, 6) is 1.01. The number of rotatable bonds is 5. The monoisotopic (exact) mass is 244 g/mol. The van der Waals surface area contributed by atoms with Crippen LogP contribution in [0.15, 0.2) is 34.9 Å². The minimum Gasteiger partial charge on any atom is -0.469 e. The van der Waals surface area contributed by atoms with Gasteiger partial charge in [-0.05, 0) is 37.1 Å². The smallest absolute Gasteiger partial charge is 0.109 e. The van der Waals surface area contributed by atoms with E-state index in [1.165, 1.54) is 37.1 Å². The molecular formula is C15H20N2O. The number of furan rings is 1. The maximum atomic E-state index is 5.35. The number of hydrogen-bond acceptors (Lipinski definition) is 2. The third-order valence-corrected chi connectivity index (χ3v) is 3.69. The Balaban J connectivity index is 1.52. The van der Waals surface area contributed by atoms with Crippen molar-refractivity contribution >= 4 is 0 Å². The molecule has 1 aliphatic rings. The van der Waals surface area contributed by atoms with Gasteiger partial charge in [0, 0.05) is 30.4 Å². The highest BCUT2D eigenvalue weighted by molar-refractivity contribution is 5.18. The summed E-state index contributed by atoms with van der Waals surface area (Å²) in [4.78, 5) is 3.45. The minimum absolute atomic E-state index is 0.724. The number of nitrogens with one attached hydrogen (secondary N) is 2. The number of hydrogen-bond donors (Lipinski definition) is 2. The first kappa shape index (κ1) is 11.6. The largest absolute Gasteiger partial charge is 0.469 e. The summed E-state index contributed by atoms with van der Waals surface area (Å²) >= 11 is 0. The van der Waals surface area contributed by atoms with Crippen molar-refractivity contribution in [2.24, 2.45) is 0 Å². The molecule has 3 nitrogen and oxygen atoms in total. The lowest BCUT2D eigenvalue weighted by atomic mass is 10.2. The van der Waals surface area contributed by atoms with Crippen molar-refractivity contribution in [2.75, 3.05) is 0 Å². The quantitative estimate of drug-likeness (QED) is 0.847. The SMILES string of the molecule is c1coc(Cc2ccc(CNC3CCCC3)[nH]2)c1. The van der Waals surface area contributed by atoms with Crippen LogP contribution in [0.5, 0.6) is 0 Å². The van der Waals surface area contributed by atoms with E-state index in [0.29, 0.717) is 0 Å². The third-order valence-electron chi connectivity index (χ3n) is 3.69. The van der Waals surface area contributed by atoms with E-state index in [-0.39, 0.29) is 0 Å². The molecule has 0 aliphatic heterocycles. The van der Waals surface area contributed by atoms with Crippen LogP contribution in [0.4, 0.5) is 0 Å². The van der Waals surface area contributed by atoms with Gasteiger partial charge in [0.1, 0.15) is 5.76 Å². The van der Waals surface area contributed by atoms with Gasteiger partial charge in [-0.15, -0.1) is 0 Å². The Morgan fingerprint density at radius 2 is 2.00 bits per heavy atom. The van der Waals surface area contributed by atoms with E-state index in [1.807, 2.05) is 12.1 Å². The molecular weight excluding hydrogens is 224 g/mol. The van der Waals surface area contributed by atoms with Crippen LogP contribution in [0, 0.1) is 0 Å². The molecule has 0 aromatic carbocycles. The molecule has 0 bridgehead atoms. The second-order valence-corrected chi connectivity index (χ2v) is 5.13. The lowest BCUT2D eigenvalue weighted by Crippen LogP contribution is -2.25. The molecule has 3 heteroatoms. The standard InChI is InChI=1S/C15H20N2O/c1-2-5-12(4-1)16-11-14-8-7-13(17-14)10-15-6-3-9-18-15/h3,6-9,12,16-17H,1-2,4-5,10-11H2. The van der Waals surface area contributed by atoms with Crippen LogP contribution >= 0.6 is 0 Å². The van der Waals surface area contributed by atoms with Crippen molar-refractivity contribution in [1.82, 2.24) is 10.3 Å². The van der Waals surface area contributed by atoms with Crippen LogP contribution in [0.2, 0.25) is 0 Å². The fraction of sp³-hybridized carbons (Fsp3) is 0.467. The van der Waals surface area contributed by atoms with Gasteiger partial charge in [0.15, 0.2) is 0 Å². The zero-order valence-electron chi connectivity index (χ0n) is 10.6. The molecule has 0 atom stereocenters. The molecule has 2 heterocycles. The lowest BCUT2D eigenvalue weighted by molar-refractivity contribution is 0.515. The molecule has 1 saturated carbocycles. The molecule has 2 aromatic heterocycles. The average Bonchev–Trinajstić information content (AvgIpc) is 3.09. The second kappa shape index (κ2) is 5.44. The van der Waals surface area contributed by atoms with Gasteiger partial charge >= 0.3 is 0 Å². The fourth-order valence-electron chi connectivity index (χ4n) is 2.68. The van der Waals surface area contributed by atoms with Crippen molar-refractivity contribution in [3.63, 3.8) is 0 Å². The summed E-state index contributed by atoms with van der Waals surface area (Å²) in [6, 6.07) is 8.98. The van der Waals surface area contributed by atoms with Gasteiger partial charge < -0.3 is 14.7 Å². The first-order chi connectivity index (χ1) is 8.90. The van der Waals surface area contributed by atoms with Gasteiger partial charge in [-0.1, -0.05) is 12.8 Å². The van der Waals surface area contributed by atoms with E-state index in [9.17, 15) is 0 Å². The number of aromatic amines is 1. The van der Waals surface area contributed by atoms with Crippen molar-refractivity contribution in [3.05, 3.63) is 47.7 Å². The van der Waals surface area contributed by atoms with Crippen molar-refractivity contribution in [1.29, 1.82) is 0 Å². The fourth-order valence-corrected chi connectivity index (χ4v) is 2.68. The highest BCUT2D eigenvalue weighted by Crippen LogP contribution is 2.18. The average molecular weight is 244 g/mol. The summed E-state index contributed by atoms with van der Waals surface area (Å²) in [6.45, 7) is 0.947. The number of aromatic nitrogens is 1. The maximum absolute atomic E-state index is 5.35. The molecule has 1 fully saturated rings. The van der Waals surface area contributed by atoms with Crippen LogP contribution in [0.1, 0.15) is 42.8 Å². The van der Waals surface area contributed by atoms with Crippen molar-refractivity contribution < 1.29 is 4.42 Å². The summed E-state index contributed by atoms with van der Waals surface area (Å²) in [7, 11) is 0. The molecule has 3 rings (SSSR count). The van der Waals surface area contributed by atoms with Crippen LogP contribution < -0.4 is 5.32 Å². The topological polar surface area (TPSA) is 41.0 Å². The van der Waals surface area contributed by atoms with Gasteiger partial charge in [0.2, 0.25) is 0 Å². The number of H-pyrrole nitrogens is 1. The first-order valence-corrected chi connectivity index (χ1v) is 6.83. The van der Waals surface area contributed by atoms with E-state index < -0.39 is 0 Å². The van der Waals surface area contributed by atoms with Crippen LogP contribution in [0.3, 0.4) is 0 Å². The second-order valence-electron chi connectivity index (χ2n) is 5.13. The van der Waals surface area contributed by atoms with Gasteiger partial charge in [0.25, 0.3) is 0 Å². The highest BCUT2D eigenvalue weighted by atomic mass is 16.3. The van der Waals surface area contributed by atoms with E-state index >= 15 is 0 Å². The Labute approximate surface area is 108 Å².